The summed E-state index contributed by atoms with van der Waals surface area (Å²) < 4.78 is 17.8. The molecular formula is C15H34O3Si. The highest BCUT2D eigenvalue weighted by Gasteiger charge is 2.46. The van der Waals surface area contributed by atoms with E-state index >= 15 is 0 Å². The molecule has 19 heavy (non-hydrogen) atoms. The quantitative estimate of drug-likeness (QED) is 0.361. The summed E-state index contributed by atoms with van der Waals surface area (Å²) in [5, 5.41) is 0. The third kappa shape index (κ3) is 7.44. The van der Waals surface area contributed by atoms with Gasteiger partial charge in [0.2, 0.25) is 0 Å². The van der Waals surface area contributed by atoms with Crippen molar-refractivity contribution < 1.29 is 13.3 Å². The molecule has 0 aliphatic heterocycles. The van der Waals surface area contributed by atoms with Crippen LogP contribution in [0.25, 0.3) is 0 Å². The van der Waals surface area contributed by atoms with Crippen molar-refractivity contribution in [3.63, 3.8) is 0 Å². The monoisotopic (exact) mass is 290 g/mol. The van der Waals surface area contributed by atoms with E-state index in [0.717, 1.165) is 6.42 Å². The summed E-state index contributed by atoms with van der Waals surface area (Å²) >= 11 is 0. The molecule has 4 heteroatoms. The molecule has 1 atom stereocenters. The molecule has 0 fully saturated rings. The molecule has 116 valence electrons. The van der Waals surface area contributed by atoms with E-state index in [1.807, 2.05) is 20.8 Å². The van der Waals surface area contributed by atoms with Crippen molar-refractivity contribution in [3.8, 4) is 0 Å². The molecule has 0 aromatic rings. The van der Waals surface area contributed by atoms with Gasteiger partial charge < -0.3 is 13.3 Å². The van der Waals surface area contributed by atoms with Crippen LogP contribution in [0.1, 0.15) is 73.1 Å². The predicted molar refractivity (Wildman–Crippen MR) is 83.4 cm³/mol. The zero-order valence-corrected chi connectivity index (χ0v) is 14.7. The van der Waals surface area contributed by atoms with Gasteiger partial charge in [-0.25, -0.2) is 0 Å². The number of hydrogen-bond acceptors (Lipinski definition) is 3. The SMILES string of the molecule is CCCCCCCC(C)[Si](OCC)(OCC)OCC. The van der Waals surface area contributed by atoms with Gasteiger partial charge in [-0.15, -0.1) is 0 Å². The molecule has 0 rings (SSSR count). The van der Waals surface area contributed by atoms with Crippen LogP contribution in [0.5, 0.6) is 0 Å². The Bertz CT molecular complexity index is 183. The highest BCUT2D eigenvalue weighted by molar-refractivity contribution is 6.62. The fourth-order valence-electron chi connectivity index (χ4n) is 2.39. The molecule has 0 aliphatic carbocycles. The molecule has 0 amide bonds. The van der Waals surface area contributed by atoms with E-state index in [9.17, 15) is 0 Å². The topological polar surface area (TPSA) is 27.7 Å². The van der Waals surface area contributed by atoms with Crippen LogP contribution < -0.4 is 0 Å². The smallest absolute Gasteiger partial charge is 0.374 e. The van der Waals surface area contributed by atoms with Crippen LogP contribution in [0.3, 0.4) is 0 Å². The van der Waals surface area contributed by atoms with E-state index in [1.165, 1.54) is 32.1 Å². The molecule has 0 saturated carbocycles. The first kappa shape index (κ1) is 19.1. The summed E-state index contributed by atoms with van der Waals surface area (Å²) in [5.41, 5.74) is 0.397. The van der Waals surface area contributed by atoms with Crippen molar-refractivity contribution in [2.45, 2.75) is 78.7 Å². The summed E-state index contributed by atoms with van der Waals surface area (Å²) in [6.45, 7) is 12.6. The first-order valence-electron chi connectivity index (χ1n) is 8.08. The largest absolute Gasteiger partial charge is 0.503 e. The first-order valence-corrected chi connectivity index (χ1v) is 9.88. The van der Waals surface area contributed by atoms with E-state index in [1.54, 1.807) is 0 Å². The maximum Gasteiger partial charge on any atom is 0.503 e. The molecule has 0 aromatic carbocycles. The van der Waals surface area contributed by atoms with Gasteiger partial charge in [-0.2, -0.15) is 0 Å². The molecule has 0 radical (unpaired) electrons. The predicted octanol–water partition coefficient (Wildman–Crippen LogP) is 4.79. The van der Waals surface area contributed by atoms with Crippen LogP contribution in [-0.4, -0.2) is 28.6 Å². The lowest BCUT2D eigenvalue weighted by Crippen LogP contribution is -2.49. The molecule has 0 N–H and O–H groups in total. The zero-order valence-electron chi connectivity index (χ0n) is 13.7. The van der Waals surface area contributed by atoms with Gasteiger partial charge in [0.25, 0.3) is 0 Å². The second kappa shape index (κ2) is 11.9. The highest BCUT2D eigenvalue weighted by atomic mass is 28.4. The van der Waals surface area contributed by atoms with Gasteiger partial charge in [0.05, 0.1) is 0 Å². The third-order valence-electron chi connectivity index (χ3n) is 3.38. The molecule has 3 nitrogen and oxygen atoms in total. The Hall–Kier alpha value is 0.0969. The summed E-state index contributed by atoms with van der Waals surface area (Å²) in [4.78, 5) is 0. The van der Waals surface area contributed by atoms with Crippen molar-refractivity contribution in [1.29, 1.82) is 0 Å². The Morgan fingerprint density at radius 3 is 1.63 bits per heavy atom. The van der Waals surface area contributed by atoms with Gasteiger partial charge in [0.15, 0.2) is 0 Å². The van der Waals surface area contributed by atoms with E-state index in [-0.39, 0.29) is 0 Å². The number of rotatable bonds is 13. The van der Waals surface area contributed by atoms with Crippen LogP contribution in [0.15, 0.2) is 0 Å². The van der Waals surface area contributed by atoms with Crippen molar-refractivity contribution >= 4 is 8.80 Å². The van der Waals surface area contributed by atoms with Crippen molar-refractivity contribution in [1.82, 2.24) is 0 Å². The molecule has 0 aromatic heterocycles. The van der Waals surface area contributed by atoms with Crippen LogP contribution >= 0.6 is 0 Å². The Labute approximate surface area is 121 Å². The van der Waals surface area contributed by atoms with Gasteiger partial charge >= 0.3 is 8.80 Å². The third-order valence-corrected chi connectivity index (χ3v) is 6.95. The Balaban J connectivity index is 4.30. The minimum atomic E-state index is -2.47. The number of unbranched alkanes of at least 4 members (excludes halogenated alkanes) is 4. The fraction of sp³-hybridized carbons (Fsp3) is 1.00. The summed E-state index contributed by atoms with van der Waals surface area (Å²) in [5.74, 6) is 0. The van der Waals surface area contributed by atoms with Gasteiger partial charge in [-0.05, 0) is 27.2 Å². The number of hydrogen-bond donors (Lipinski definition) is 0. The molecule has 0 aliphatic rings. The van der Waals surface area contributed by atoms with Crippen molar-refractivity contribution in [2.75, 3.05) is 19.8 Å². The van der Waals surface area contributed by atoms with E-state index in [2.05, 4.69) is 13.8 Å². The fourth-order valence-corrected chi connectivity index (χ4v) is 5.25. The maximum atomic E-state index is 5.94. The minimum absolute atomic E-state index is 0.397. The average molecular weight is 291 g/mol. The van der Waals surface area contributed by atoms with Gasteiger partial charge in [0, 0.05) is 25.4 Å². The molecular weight excluding hydrogens is 256 g/mol. The van der Waals surface area contributed by atoms with Gasteiger partial charge in [0.1, 0.15) is 0 Å². The zero-order chi connectivity index (χ0) is 14.6. The van der Waals surface area contributed by atoms with Crippen LogP contribution in [0.2, 0.25) is 5.54 Å². The highest BCUT2D eigenvalue weighted by Crippen LogP contribution is 2.30. The standard InChI is InChI=1S/C15H34O3Si/c1-6-10-11-12-13-14-15(5)19(16-7-2,17-8-3)18-9-4/h15H,6-14H2,1-5H3. The van der Waals surface area contributed by atoms with E-state index in [4.69, 9.17) is 13.3 Å². The Kier molecular flexibility index (Phi) is 11.9. The lowest BCUT2D eigenvalue weighted by atomic mass is 10.1. The van der Waals surface area contributed by atoms with Crippen LogP contribution in [0.4, 0.5) is 0 Å². The Morgan fingerprint density at radius 1 is 0.737 bits per heavy atom. The average Bonchev–Trinajstić information content (AvgIpc) is 2.39. The summed E-state index contributed by atoms with van der Waals surface area (Å²) in [6.07, 6.45) is 7.70. The lowest BCUT2D eigenvalue weighted by Gasteiger charge is -2.33. The van der Waals surface area contributed by atoms with E-state index < -0.39 is 8.80 Å². The van der Waals surface area contributed by atoms with Crippen LogP contribution in [0, 0.1) is 0 Å². The molecule has 0 heterocycles. The molecule has 1 unspecified atom stereocenters. The maximum absolute atomic E-state index is 5.94. The van der Waals surface area contributed by atoms with Crippen LogP contribution in [-0.2, 0) is 13.3 Å². The second-order valence-electron chi connectivity index (χ2n) is 5.01. The first-order chi connectivity index (χ1) is 9.16. The lowest BCUT2D eigenvalue weighted by molar-refractivity contribution is 0.0612. The van der Waals surface area contributed by atoms with Gasteiger partial charge in [-0.3, -0.25) is 0 Å². The molecule has 0 spiro atoms. The van der Waals surface area contributed by atoms with Gasteiger partial charge in [-0.1, -0.05) is 46.0 Å². The summed E-state index contributed by atoms with van der Waals surface area (Å²) in [6, 6.07) is 0. The summed E-state index contributed by atoms with van der Waals surface area (Å²) in [7, 11) is -2.47. The molecule has 0 saturated heterocycles. The minimum Gasteiger partial charge on any atom is -0.374 e. The Morgan fingerprint density at radius 2 is 1.21 bits per heavy atom. The van der Waals surface area contributed by atoms with Crippen molar-refractivity contribution in [3.05, 3.63) is 0 Å². The normalized spacial score (nSPS) is 13.7. The van der Waals surface area contributed by atoms with E-state index in [0.29, 0.717) is 25.4 Å². The van der Waals surface area contributed by atoms with Crippen molar-refractivity contribution in [2.24, 2.45) is 0 Å². The second-order valence-corrected chi connectivity index (χ2v) is 8.07. The molecule has 0 bridgehead atoms.